The monoisotopic (exact) mass is 389 g/mol. The van der Waals surface area contributed by atoms with Crippen LogP contribution in [-0.4, -0.2) is 9.49 Å². The van der Waals surface area contributed by atoms with Crippen LogP contribution >= 0.6 is 39.5 Å². The van der Waals surface area contributed by atoms with Crippen LogP contribution in [0.5, 0.6) is 0 Å². The fourth-order valence-electron chi connectivity index (χ4n) is 1.92. The molecule has 0 saturated carbocycles. The molecule has 2 aromatic rings. The van der Waals surface area contributed by atoms with Crippen molar-refractivity contribution in [2.24, 2.45) is 4.99 Å². The molecule has 1 aliphatic rings. The van der Waals surface area contributed by atoms with Gasteiger partial charge in [0.25, 0.3) is 0 Å². The lowest BCUT2D eigenvalue weighted by atomic mass is 10.2. The number of carbonyl (C=O) groups excluding carboxylic acids is 1. The van der Waals surface area contributed by atoms with Crippen molar-refractivity contribution in [1.82, 2.24) is 0 Å². The van der Waals surface area contributed by atoms with Crippen molar-refractivity contribution in [2.75, 3.05) is 0 Å². The first kappa shape index (κ1) is 15.6. The number of carbonyl (C=O) groups is 1. The number of halogens is 1. The van der Waals surface area contributed by atoms with Crippen molar-refractivity contribution >= 4 is 55.0 Å². The van der Waals surface area contributed by atoms with Crippen LogP contribution in [-0.2, 0) is 10.5 Å². The van der Waals surface area contributed by atoms with Gasteiger partial charge in [-0.1, -0.05) is 70.2 Å². The van der Waals surface area contributed by atoms with Gasteiger partial charge in [0, 0.05) is 10.2 Å². The van der Waals surface area contributed by atoms with Gasteiger partial charge in [0.2, 0.25) is 5.12 Å². The fraction of sp³-hybridized carbons (Fsp3) is 0.0588. The summed E-state index contributed by atoms with van der Waals surface area (Å²) >= 11 is 6.24. The number of nitrogens with zero attached hydrogens (tertiary/aromatic N) is 1. The average Bonchev–Trinajstić information content (AvgIpc) is 2.86. The van der Waals surface area contributed by atoms with Crippen LogP contribution in [0.1, 0.15) is 11.1 Å². The average molecular weight is 390 g/mol. The molecule has 0 aromatic heterocycles. The molecule has 2 aromatic carbocycles. The molecule has 0 saturated heterocycles. The van der Waals surface area contributed by atoms with E-state index in [4.69, 9.17) is 0 Å². The van der Waals surface area contributed by atoms with Gasteiger partial charge in [-0.2, -0.15) is 0 Å². The molecule has 0 spiro atoms. The third-order valence-electron chi connectivity index (χ3n) is 2.96. The van der Waals surface area contributed by atoms with Crippen LogP contribution in [0, 0.1) is 0 Å². The summed E-state index contributed by atoms with van der Waals surface area (Å²) in [5.41, 5.74) is 2.71. The molecule has 22 heavy (non-hydrogen) atoms. The lowest BCUT2D eigenvalue weighted by Gasteiger charge is -1.98. The van der Waals surface area contributed by atoms with Gasteiger partial charge in [0.15, 0.2) is 0 Å². The molecule has 0 radical (unpaired) electrons. The van der Waals surface area contributed by atoms with Crippen LogP contribution in [0.25, 0.3) is 6.08 Å². The molecule has 110 valence electrons. The van der Waals surface area contributed by atoms with E-state index in [1.807, 2.05) is 48.5 Å². The lowest BCUT2D eigenvalue weighted by Crippen LogP contribution is -1.88. The van der Waals surface area contributed by atoms with Gasteiger partial charge in [-0.25, -0.2) is 4.99 Å². The topological polar surface area (TPSA) is 29.4 Å². The number of rotatable bonds is 3. The molecule has 0 atom stereocenters. The molecule has 0 unspecified atom stereocenters. The Morgan fingerprint density at radius 3 is 2.73 bits per heavy atom. The molecule has 0 N–H and O–H groups in total. The molecule has 2 nitrogen and oxygen atoms in total. The summed E-state index contributed by atoms with van der Waals surface area (Å²) < 4.78 is 1.80. The van der Waals surface area contributed by atoms with E-state index in [9.17, 15) is 4.79 Å². The smallest absolute Gasteiger partial charge is 0.244 e. The number of aliphatic imine (C=N–C) groups is 1. The van der Waals surface area contributed by atoms with Gasteiger partial charge in [-0.05, 0) is 41.1 Å². The van der Waals surface area contributed by atoms with E-state index in [1.54, 1.807) is 11.8 Å². The van der Waals surface area contributed by atoms with E-state index < -0.39 is 0 Å². The highest BCUT2D eigenvalue weighted by Gasteiger charge is 2.22. The van der Waals surface area contributed by atoms with Crippen molar-refractivity contribution in [1.29, 1.82) is 0 Å². The Labute approximate surface area is 146 Å². The zero-order valence-corrected chi connectivity index (χ0v) is 14.7. The highest BCUT2D eigenvalue weighted by molar-refractivity contribution is 9.10. The van der Waals surface area contributed by atoms with Crippen molar-refractivity contribution in [3.63, 3.8) is 0 Å². The second-order valence-corrected chi connectivity index (χ2v) is 7.73. The molecular formula is C17H12BrNOS2. The zero-order valence-electron chi connectivity index (χ0n) is 11.5. The molecule has 5 heteroatoms. The standard InChI is InChI=1S/C17H12BrNOS2/c18-14-8-4-7-13(9-14)10-15-16(20)22-17(19-15)21-11-12-5-2-1-3-6-12/h1-10H,11H2/b15-10-. The van der Waals surface area contributed by atoms with E-state index in [0.717, 1.165) is 20.2 Å². The van der Waals surface area contributed by atoms with Crippen LogP contribution < -0.4 is 0 Å². The summed E-state index contributed by atoms with van der Waals surface area (Å²) in [5, 5.41) is 0.00976. The van der Waals surface area contributed by atoms with E-state index in [-0.39, 0.29) is 5.12 Å². The van der Waals surface area contributed by atoms with Crippen LogP contribution in [0.2, 0.25) is 0 Å². The predicted octanol–water partition coefficient (Wildman–Crippen LogP) is 5.35. The molecule has 1 aliphatic heterocycles. The predicted molar refractivity (Wildman–Crippen MR) is 99.9 cm³/mol. The number of hydrogen-bond donors (Lipinski definition) is 0. The van der Waals surface area contributed by atoms with Gasteiger partial charge in [-0.15, -0.1) is 0 Å². The Bertz CT molecular complexity index is 756. The molecule has 0 bridgehead atoms. The second-order valence-electron chi connectivity index (χ2n) is 4.63. The first-order valence-electron chi connectivity index (χ1n) is 6.65. The lowest BCUT2D eigenvalue weighted by molar-refractivity contribution is -0.107. The highest BCUT2D eigenvalue weighted by Crippen LogP contribution is 2.32. The first-order valence-corrected chi connectivity index (χ1v) is 9.25. The van der Waals surface area contributed by atoms with E-state index in [2.05, 4.69) is 33.1 Å². The first-order chi connectivity index (χ1) is 10.7. The minimum absolute atomic E-state index is 0.00976. The summed E-state index contributed by atoms with van der Waals surface area (Å²) in [7, 11) is 0. The normalized spacial score (nSPS) is 16.1. The Kier molecular flexibility index (Phi) is 5.18. The Morgan fingerprint density at radius 2 is 1.95 bits per heavy atom. The third kappa shape index (κ3) is 4.12. The zero-order chi connectivity index (χ0) is 15.4. The Balaban J connectivity index is 1.71. The molecule has 0 fully saturated rings. The van der Waals surface area contributed by atoms with Crippen molar-refractivity contribution in [3.05, 3.63) is 75.9 Å². The number of hydrogen-bond acceptors (Lipinski definition) is 4. The quantitative estimate of drug-likeness (QED) is 0.662. The van der Waals surface area contributed by atoms with E-state index in [1.165, 1.54) is 17.3 Å². The number of thioether (sulfide) groups is 2. The SMILES string of the molecule is O=C1SC(SCc2ccccc2)=N/C1=C\c1cccc(Br)c1. The summed E-state index contributed by atoms with van der Waals surface area (Å²) in [5.74, 6) is 0.824. The molecule has 0 amide bonds. The highest BCUT2D eigenvalue weighted by atomic mass is 79.9. The number of benzene rings is 2. The second kappa shape index (κ2) is 7.31. The summed E-state index contributed by atoms with van der Waals surface area (Å²) in [6.07, 6.45) is 1.83. The Hall–Kier alpha value is -1.30. The van der Waals surface area contributed by atoms with E-state index >= 15 is 0 Å². The van der Waals surface area contributed by atoms with E-state index in [0.29, 0.717) is 5.70 Å². The van der Waals surface area contributed by atoms with Gasteiger partial charge < -0.3 is 0 Å². The van der Waals surface area contributed by atoms with Gasteiger partial charge in [0.05, 0.1) is 0 Å². The minimum Gasteiger partial charge on any atom is -0.279 e. The molecule has 1 heterocycles. The fourth-order valence-corrected chi connectivity index (χ4v) is 4.14. The maximum absolute atomic E-state index is 12.0. The van der Waals surface area contributed by atoms with Crippen LogP contribution in [0.3, 0.4) is 0 Å². The van der Waals surface area contributed by atoms with Gasteiger partial charge in [0.1, 0.15) is 10.1 Å². The summed E-state index contributed by atoms with van der Waals surface area (Å²) in [6.45, 7) is 0. The van der Waals surface area contributed by atoms with Crippen LogP contribution in [0.4, 0.5) is 0 Å². The Morgan fingerprint density at radius 1 is 1.14 bits per heavy atom. The van der Waals surface area contributed by atoms with Gasteiger partial charge in [-0.3, -0.25) is 4.79 Å². The maximum Gasteiger partial charge on any atom is 0.244 e. The molecule has 3 rings (SSSR count). The minimum atomic E-state index is 0.00976. The van der Waals surface area contributed by atoms with Crippen LogP contribution in [0.15, 0.2) is 69.8 Å². The van der Waals surface area contributed by atoms with Crippen molar-refractivity contribution in [2.45, 2.75) is 5.75 Å². The summed E-state index contributed by atoms with van der Waals surface area (Å²) in [6, 6.07) is 18.0. The molecular weight excluding hydrogens is 378 g/mol. The van der Waals surface area contributed by atoms with Gasteiger partial charge >= 0.3 is 0 Å². The maximum atomic E-state index is 12.0. The molecule has 0 aliphatic carbocycles. The third-order valence-corrected chi connectivity index (χ3v) is 5.53. The largest absolute Gasteiger partial charge is 0.279 e. The van der Waals surface area contributed by atoms with Crippen molar-refractivity contribution in [3.8, 4) is 0 Å². The van der Waals surface area contributed by atoms with Crippen molar-refractivity contribution < 1.29 is 4.79 Å². The summed E-state index contributed by atoms with van der Waals surface area (Å²) in [4.78, 5) is 16.5.